The SMILES string of the molecule is C=C1Oc2ccc(N(C(=O)[C@H]3CNC[C@@H](C(=O)N[C@H]4CCC[C@@H]4OCC)C3)C3CC3)cc2N(CCOCC)C1=O. The van der Waals surface area contributed by atoms with Gasteiger partial charge in [0.2, 0.25) is 11.8 Å². The fraction of sp³-hybridized carbons (Fsp3) is 0.633. The van der Waals surface area contributed by atoms with Gasteiger partial charge < -0.3 is 29.7 Å². The minimum atomic E-state index is -0.320. The zero-order valence-corrected chi connectivity index (χ0v) is 23.7. The molecule has 2 aliphatic heterocycles. The Morgan fingerprint density at radius 2 is 1.95 bits per heavy atom. The number of benzene rings is 1. The van der Waals surface area contributed by atoms with Gasteiger partial charge in [-0.05, 0) is 70.6 Å². The van der Waals surface area contributed by atoms with Crippen molar-refractivity contribution in [3.63, 3.8) is 0 Å². The highest BCUT2D eigenvalue weighted by Gasteiger charge is 2.41. The number of ether oxygens (including phenoxy) is 3. The Labute approximate surface area is 236 Å². The lowest BCUT2D eigenvalue weighted by atomic mass is 9.88. The summed E-state index contributed by atoms with van der Waals surface area (Å²) >= 11 is 0. The van der Waals surface area contributed by atoms with Crippen LogP contribution in [0.15, 0.2) is 30.5 Å². The molecule has 0 bridgehead atoms. The van der Waals surface area contributed by atoms with Gasteiger partial charge in [-0.1, -0.05) is 6.58 Å². The molecule has 0 aromatic heterocycles. The van der Waals surface area contributed by atoms with Gasteiger partial charge in [-0.15, -0.1) is 0 Å². The summed E-state index contributed by atoms with van der Waals surface area (Å²) in [4.78, 5) is 43.6. The number of hydrogen-bond donors (Lipinski definition) is 2. The molecule has 5 rings (SSSR count). The van der Waals surface area contributed by atoms with Crippen LogP contribution in [0, 0.1) is 11.8 Å². The average Bonchev–Trinajstić information content (AvgIpc) is 3.70. The molecule has 1 saturated heterocycles. The van der Waals surface area contributed by atoms with Crippen molar-refractivity contribution >= 4 is 29.1 Å². The molecule has 0 radical (unpaired) electrons. The van der Waals surface area contributed by atoms with Crippen molar-refractivity contribution in [3.8, 4) is 5.75 Å². The largest absolute Gasteiger partial charge is 0.450 e. The van der Waals surface area contributed by atoms with E-state index in [2.05, 4.69) is 17.2 Å². The smallest absolute Gasteiger partial charge is 0.293 e. The van der Waals surface area contributed by atoms with Crippen molar-refractivity contribution < 1.29 is 28.6 Å². The third-order valence-electron chi connectivity index (χ3n) is 8.27. The average molecular weight is 555 g/mol. The molecule has 3 amide bonds. The molecule has 40 heavy (non-hydrogen) atoms. The minimum Gasteiger partial charge on any atom is -0.450 e. The molecule has 2 N–H and O–H groups in total. The summed E-state index contributed by atoms with van der Waals surface area (Å²) in [6.07, 6.45) is 5.35. The highest BCUT2D eigenvalue weighted by Crippen LogP contribution is 2.41. The zero-order valence-electron chi connectivity index (χ0n) is 23.7. The molecule has 2 saturated carbocycles. The number of fused-ring (bicyclic) bond motifs is 1. The predicted molar refractivity (Wildman–Crippen MR) is 151 cm³/mol. The second-order valence-corrected chi connectivity index (χ2v) is 11.1. The first kappa shape index (κ1) is 28.6. The lowest BCUT2D eigenvalue weighted by molar-refractivity contribution is -0.129. The van der Waals surface area contributed by atoms with Crippen LogP contribution in [0.1, 0.15) is 52.4 Å². The van der Waals surface area contributed by atoms with Gasteiger partial charge in [0.05, 0.1) is 36.3 Å². The van der Waals surface area contributed by atoms with E-state index in [1.165, 1.54) is 0 Å². The normalized spacial score (nSPS) is 26.3. The van der Waals surface area contributed by atoms with Crippen LogP contribution in [0.5, 0.6) is 5.75 Å². The topological polar surface area (TPSA) is 109 Å². The molecular weight excluding hydrogens is 512 g/mol. The Morgan fingerprint density at radius 1 is 1.15 bits per heavy atom. The van der Waals surface area contributed by atoms with Gasteiger partial charge in [0.15, 0.2) is 11.5 Å². The summed E-state index contributed by atoms with van der Waals surface area (Å²) in [7, 11) is 0. The third-order valence-corrected chi connectivity index (χ3v) is 8.27. The van der Waals surface area contributed by atoms with E-state index in [1.807, 2.05) is 30.9 Å². The highest BCUT2D eigenvalue weighted by molar-refractivity contribution is 6.08. The van der Waals surface area contributed by atoms with E-state index < -0.39 is 0 Å². The number of rotatable bonds is 11. The van der Waals surface area contributed by atoms with Crippen LogP contribution in [0.4, 0.5) is 11.4 Å². The van der Waals surface area contributed by atoms with E-state index in [0.29, 0.717) is 57.3 Å². The fourth-order valence-corrected chi connectivity index (χ4v) is 6.09. The molecule has 2 heterocycles. The van der Waals surface area contributed by atoms with E-state index in [0.717, 1.165) is 37.8 Å². The Hall–Kier alpha value is -2.95. The molecule has 10 heteroatoms. The van der Waals surface area contributed by atoms with E-state index in [9.17, 15) is 14.4 Å². The number of piperidine rings is 1. The van der Waals surface area contributed by atoms with Gasteiger partial charge in [-0.2, -0.15) is 0 Å². The Kier molecular flexibility index (Phi) is 9.07. The zero-order chi connectivity index (χ0) is 28.2. The van der Waals surface area contributed by atoms with Crippen LogP contribution >= 0.6 is 0 Å². The summed E-state index contributed by atoms with van der Waals surface area (Å²) in [5.74, 6) is -0.313. The van der Waals surface area contributed by atoms with Crippen molar-refractivity contribution in [3.05, 3.63) is 30.5 Å². The van der Waals surface area contributed by atoms with Crippen molar-refractivity contribution in [1.82, 2.24) is 10.6 Å². The Morgan fingerprint density at radius 3 is 2.70 bits per heavy atom. The van der Waals surface area contributed by atoms with E-state index in [1.54, 1.807) is 11.0 Å². The lowest BCUT2D eigenvalue weighted by Crippen LogP contribution is -2.52. The van der Waals surface area contributed by atoms with Crippen molar-refractivity contribution in [2.45, 2.75) is 70.6 Å². The summed E-state index contributed by atoms with van der Waals surface area (Å²) < 4.78 is 17.0. The Balaban J connectivity index is 1.30. The summed E-state index contributed by atoms with van der Waals surface area (Å²) in [5.41, 5.74) is 1.33. The summed E-state index contributed by atoms with van der Waals surface area (Å²) in [5, 5.41) is 6.54. The maximum absolute atomic E-state index is 14.0. The number of anilines is 2. The quantitative estimate of drug-likeness (QED) is 0.320. The molecule has 1 aromatic carbocycles. The molecule has 10 nitrogen and oxygen atoms in total. The summed E-state index contributed by atoms with van der Waals surface area (Å²) in [6, 6.07) is 5.67. The lowest BCUT2D eigenvalue weighted by Gasteiger charge is -2.35. The van der Waals surface area contributed by atoms with Gasteiger partial charge in [-0.25, -0.2) is 0 Å². The van der Waals surface area contributed by atoms with Crippen LogP contribution in [-0.4, -0.2) is 75.4 Å². The van der Waals surface area contributed by atoms with Crippen molar-refractivity contribution in [2.24, 2.45) is 11.8 Å². The van der Waals surface area contributed by atoms with Crippen LogP contribution in [0.25, 0.3) is 0 Å². The number of hydrogen-bond acceptors (Lipinski definition) is 7. The number of carbonyl (C=O) groups is 3. The molecular formula is C30H42N4O6. The second kappa shape index (κ2) is 12.7. The van der Waals surface area contributed by atoms with Crippen LogP contribution in [0.2, 0.25) is 0 Å². The van der Waals surface area contributed by atoms with Crippen molar-refractivity contribution in [2.75, 3.05) is 49.3 Å². The fourth-order valence-electron chi connectivity index (χ4n) is 6.09. The molecule has 2 aliphatic carbocycles. The van der Waals surface area contributed by atoms with Gasteiger partial charge in [0.1, 0.15) is 0 Å². The number of nitrogens with zero attached hydrogens (tertiary/aromatic N) is 2. The molecule has 218 valence electrons. The molecule has 0 spiro atoms. The number of carbonyl (C=O) groups excluding carboxylic acids is 3. The standard InChI is InChI=1S/C30H42N4O6/c1-4-38-14-13-33-25-16-23(11-12-27(25)40-19(3)29(33)36)34(22-9-10-22)30(37)21-15-20(17-31-18-21)28(35)32-24-7-6-8-26(24)39-5-2/h11-12,16,20-22,24,26,31H,3-10,13-15,17-18H2,1-2H3,(H,32,35)/t20-,21+,24-,26-/m0/s1. The molecule has 3 fully saturated rings. The van der Waals surface area contributed by atoms with E-state index in [4.69, 9.17) is 14.2 Å². The van der Waals surface area contributed by atoms with Gasteiger partial charge in [-0.3, -0.25) is 19.3 Å². The first-order valence-corrected chi connectivity index (χ1v) is 14.8. The Bertz CT molecular complexity index is 1120. The maximum Gasteiger partial charge on any atom is 0.293 e. The monoisotopic (exact) mass is 554 g/mol. The highest BCUT2D eigenvalue weighted by atomic mass is 16.5. The third kappa shape index (κ3) is 6.19. The van der Waals surface area contributed by atoms with E-state index >= 15 is 0 Å². The number of nitrogens with one attached hydrogen (secondary N) is 2. The molecule has 1 aromatic rings. The van der Waals surface area contributed by atoms with Crippen LogP contribution < -0.4 is 25.2 Å². The van der Waals surface area contributed by atoms with Gasteiger partial charge in [0.25, 0.3) is 5.91 Å². The maximum atomic E-state index is 14.0. The molecule has 0 unspecified atom stereocenters. The first-order valence-electron chi connectivity index (χ1n) is 14.8. The van der Waals surface area contributed by atoms with Crippen LogP contribution in [0.3, 0.4) is 0 Å². The molecule has 4 atom stereocenters. The molecule has 4 aliphatic rings. The first-order chi connectivity index (χ1) is 19.4. The van der Waals surface area contributed by atoms with E-state index in [-0.39, 0.29) is 53.5 Å². The number of amides is 3. The minimum absolute atomic E-state index is 0.00538. The summed E-state index contributed by atoms with van der Waals surface area (Å²) in [6.45, 7) is 10.7. The van der Waals surface area contributed by atoms with Crippen molar-refractivity contribution in [1.29, 1.82) is 0 Å². The predicted octanol–water partition coefficient (Wildman–Crippen LogP) is 2.76. The second-order valence-electron chi connectivity index (χ2n) is 11.1. The van der Waals surface area contributed by atoms with Gasteiger partial charge in [0, 0.05) is 44.6 Å². The van der Waals surface area contributed by atoms with Gasteiger partial charge >= 0.3 is 0 Å². The van der Waals surface area contributed by atoms with Crippen LogP contribution in [-0.2, 0) is 23.9 Å².